The summed E-state index contributed by atoms with van der Waals surface area (Å²) in [5, 5.41) is 8.74. The van der Waals surface area contributed by atoms with Gasteiger partial charge in [0.05, 0.1) is 11.6 Å². The van der Waals surface area contributed by atoms with Crippen LogP contribution in [-0.2, 0) is 4.79 Å². The van der Waals surface area contributed by atoms with Crippen molar-refractivity contribution in [2.24, 2.45) is 5.92 Å². The van der Waals surface area contributed by atoms with Crippen molar-refractivity contribution in [3.05, 3.63) is 35.4 Å². The van der Waals surface area contributed by atoms with E-state index in [0.29, 0.717) is 17.3 Å². The van der Waals surface area contributed by atoms with Crippen LogP contribution in [0, 0.1) is 17.2 Å². The van der Waals surface area contributed by atoms with E-state index in [-0.39, 0.29) is 5.92 Å². The van der Waals surface area contributed by atoms with Gasteiger partial charge in [0.25, 0.3) is 0 Å². The second-order valence-corrected chi connectivity index (χ2v) is 4.81. The second kappa shape index (κ2) is 5.14. The van der Waals surface area contributed by atoms with Crippen LogP contribution in [0.4, 0.5) is 0 Å². The maximum atomic E-state index is 12.1. The SMILES string of the molecule is CC[C@@H]1CC[C@@H](c2ccc(C#N)cc2)C(=O)C1. The molecule has 1 aliphatic carbocycles. The van der Waals surface area contributed by atoms with Gasteiger partial charge in [0.2, 0.25) is 0 Å². The number of hydrogen-bond donors (Lipinski definition) is 0. The van der Waals surface area contributed by atoms with Crippen molar-refractivity contribution in [3.8, 4) is 6.07 Å². The molecule has 0 saturated heterocycles. The molecular weight excluding hydrogens is 210 g/mol. The maximum absolute atomic E-state index is 12.1. The summed E-state index contributed by atoms with van der Waals surface area (Å²) in [4.78, 5) is 12.1. The minimum absolute atomic E-state index is 0.0607. The number of carbonyl (C=O) groups is 1. The van der Waals surface area contributed by atoms with Gasteiger partial charge >= 0.3 is 0 Å². The zero-order valence-electron chi connectivity index (χ0n) is 10.1. The number of ketones is 1. The highest BCUT2D eigenvalue weighted by molar-refractivity contribution is 5.86. The lowest BCUT2D eigenvalue weighted by Gasteiger charge is -2.26. The molecule has 1 aromatic carbocycles. The van der Waals surface area contributed by atoms with E-state index in [1.54, 1.807) is 12.1 Å². The topological polar surface area (TPSA) is 40.9 Å². The van der Waals surface area contributed by atoms with Gasteiger partial charge < -0.3 is 0 Å². The van der Waals surface area contributed by atoms with Crippen molar-refractivity contribution in [2.75, 3.05) is 0 Å². The first kappa shape index (κ1) is 11.9. The number of Topliss-reactive ketones (excluding diaryl/α,β-unsaturated/α-hetero) is 1. The van der Waals surface area contributed by atoms with Crippen molar-refractivity contribution in [1.82, 2.24) is 0 Å². The molecule has 2 atom stereocenters. The van der Waals surface area contributed by atoms with Gasteiger partial charge in [-0.05, 0) is 36.5 Å². The molecule has 1 aliphatic rings. The molecule has 0 aliphatic heterocycles. The average molecular weight is 227 g/mol. The van der Waals surface area contributed by atoms with E-state index in [0.717, 1.165) is 31.2 Å². The van der Waals surface area contributed by atoms with Gasteiger partial charge in [0, 0.05) is 12.3 Å². The Kier molecular flexibility index (Phi) is 3.58. The molecule has 1 aromatic rings. The fourth-order valence-electron chi connectivity index (χ4n) is 2.58. The van der Waals surface area contributed by atoms with Crippen LogP contribution in [0.15, 0.2) is 24.3 Å². The zero-order valence-corrected chi connectivity index (χ0v) is 10.1. The van der Waals surface area contributed by atoms with Crippen LogP contribution >= 0.6 is 0 Å². The lowest BCUT2D eigenvalue weighted by Crippen LogP contribution is -2.23. The predicted molar refractivity (Wildman–Crippen MR) is 66.5 cm³/mol. The Hall–Kier alpha value is -1.62. The van der Waals surface area contributed by atoms with Gasteiger partial charge in [0.15, 0.2) is 0 Å². The maximum Gasteiger partial charge on any atom is 0.140 e. The number of benzene rings is 1. The van der Waals surface area contributed by atoms with Crippen molar-refractivity contribution < 1.29 is 4.79 Å². The first-order valence-corrected chi connectivity index (χ1v) is 6.27. The summed E-state index contributed by atoms with van der Waals surface area (Å²) in [7, 11) is 0. The van der Waals surface area contributed by atoms with Crippen molar-refractivity contribution in [1.29, 1.82) is 5.26 Å². The fourth-order valence-corrected chi connectivity index (χ4v) is 2.58. The first-order chi connectivity index (χ1) is 8.24. The van der Waals surface area contributed by atoms with Gasteiger partial charge in [-0.1, -0.05) is 25.5 Å². The van der Waals surface area contributed by atoms with Gasteiger partial charge in [-0.2, -0.15) is 5.26 Å². The van der Waals surface area contributed by atoms with E-state index in [2.05, 4.69) is 13.0 Å². The molecular formula is C15H17NO. The number of carbonyl (C=O) groups excluding carboxylic acids is 1. The van der Waals surface area contributed by atoms with E-state index in [9.17, 15) is 4.79 Å². The molecule has 0 heterocycles. The van der Waals surface area contributed by atoms with Gasteiger partial charge in [-0.3, -0.25) is 4.79 Å². The molecule has 0 radical (unpaired) electrons. The minimum atomic E-state index is 0.0607. The predicted octanol–water partition coefficient (Wildman–Crippen LogP) is 3.42. The van der Waals surface area contributed by atoms with Crippen LogP contribution in [0.25, 0.3) is 0 Å². The Morgan fingerprint density at radius 1 is 1.29 bits per heavy atom. The molecule has 2 heteroatoms. The smallest absolute Gasteiger partial charge is 0.140 e. The number of rotatable bonds is 2. The van der Waals surface area contributed by atoms with Crippen LogP contribution in [0.3, 0.4) is 0 Å². The molecule has 0 amide bonds. The Bertz CT molecular complexity index is 441. The van der Waals surface area contributed by atoms with Crippen LogP contribution < -0.4 is 0 Å². The van der Waals surface area contributed by atoms with Crippen LogP contribution in [0.2, 0.25) is 0 Å². The van der Waals surface area contributed by atoms with Crippen molar-refractivity contribution in [2.45, 2.75) is 38.5 Å². The highest BCUT2D eigenvalue weighted by Gasteiger charge is 2.28. The summed E-state index contributed by atoms with van der Waals surface area (Å²) in [6.45, 7) is 2.15. The monoisotopic (exact) mass is 227 g/mol. The molecule has 1 fully saturated rings. The standard InChI is InChI=1S/C15H17NO/c1-2-11-5-8-14(15(17)9-11)13-6-3-12(10-16)4-7-13/h3-4,6-7,11,14H,2,5,8-9H2,1H3/t11-,14+/m1/s1. The molecule has 2 nitrogen and oxygen atoms in total. The lowest BCUT2D eigenvalue weighted by molar-refractivity contribution is -0.123. The van der Waals surface area contributed by atoms with Crippen molar-refractivity contribution in [3.63, 3.8) is 0 Å². The van der Waals surface area contributed by atoms with Gasteiger partial charge in [-0.25, -0.2) is 0 Å². The van der Waals surface area contributed by atoms with E-state index in [1.807, 2.05) is 12.1 Å². The normalized spacial score (nSPS) is 24.4. The molecule has 2 rings (SSSR count). The summed E-state index contributed by atoms with van der Waals surface area (Å²) in [5.41, 5.74) is 1.73. The largest absolute Gasteiger partial charge is 0.299 e. The Labute approximate surface area is 102 Å². The van der Waals surface area contributed by atoms with E-state index >= 15 is 0 Å². The third-order valence-corrected chi connectivity index (χ3v) is 3.76. The van der Waals surface area contributed by atoms with Gasteiger partial charge in [0.1, 0.15) is 5.78 Å². The van der Waals surface area contributed by atoms with Crippen LogP contribution in [0.5, 0.6) is 0 Å². The molecule has 0 unspecified atom stereocenters. The second-order valence-electron chi connectivity index (χ2n) is 4.81. The minimum Gasteiger partial charge on any atom is -0.299 e. The van der Waals surface area contributed by atoms with E-state index in [4.69, 9.17) is 5.26 Å². The summed E-state index contributed by atoms with van der Waals surface area (Å²) in [5.74, 6) is 1.01. The molecule has 1 saturated carbocycles. The summed E-state index contributed by atoms with van der Waals surface area (Å²) >= 11 is 0. The molecule has 88 valence electrons. The number of nitriles is 1. The molecule has 0 spiro atoms. The third kappa shape index (κ3) is 2.55. The number of nitrogens with zero attached hydrogens (tertiary/aromatic N) is 1. The highest BCUT2D eigenvalue weighted by atomic mass is 16.1. The summed E-state index contributed by atoms with van der Waals surface area (Å²) in [6, 6.07) is 9.55. The third-order valence-electron chi connectivity index (χ3n) is 3.76. The Balaban J connectivity index is 2.12. The quantitative estimate of drug-likeness (QED) is 0.776. The molecule has 0 aromatic heterocycles. The first-order valence-electron chi connectivity index (χ1n) is 6.27. The average Bonchev–Trinajstić information content (AvgIpc) is 2.39. The summed E-state index contributed by atoms with van der Waals surface area (Å²) < 4.78 is 0. The molecule has 0 N–H and O–H groups in total. The van der Waals surface area contributed by atoms with Crippen LogP contribution in [0.1, 0.15) is 49.7 Å². The van der Waals surface area contributed by atoms with Gasteiger partial charge in [-0.15, -0.1) is 0 Å². The highest BCUT2D eigenvalue weighted by Crippen LogP contribution is 2.34. The Morgan fingerprint density at radius 2 is 2.00 bits per heavy atom. The number of hydrogen-bond acceptors (Lipinski definition) is 2. The molecule has 0 bridgehead atoms. The summed E-state index contributed by atoms with van der Waals surface area (Å²) in [6.07, 6.45) is 3.93. The van der Waals surface area contributed by atoms with Crippen LogP contribution in [-0.4, -0.2) is 5.78 Å². The fraction of sp³-hybridized carbons (Fsp3) is 0.467. The Morgan fingerprint density at radius 3 is 2.53 bits per heavy atom. The lowest BCUT2D eigenvalue weighted by atomic mass is 9.77. The van der Waals surface area contributed by atoms with Crippen molar-refractivity contribution >= 4 is 5.78 Å². The van der Waals surface area contributed by atoms with E-state index in [1.165, 1.54) is 0 Å². The van der Waals surface area contributed by atoms with E-state index < -0.39 is 0 Å². The zero-order chi connectivity index (χ0) is 12.3. The molecule has 17 heavy (non-hydrogen) atoms.